The first-order valence-electron chi connectivity index (χ1n) is 11.2. The number of nitrogens with one attached hydrogen (secondary N) is 2. The van der Waals surface area contributed by atoms with E-state index in [2.05, 4.69) is 25.6 Å². The molecule has 1 unspecified atom stereocenters. The molecule has 37 heavy (non-hydrogen) atoms. The molecule has 0 fully saturated rings. The Kier molecular flexibility index (Phi) is 6.48. The van der Waals surface area contributed by atoms with Crippen LogP contribution in [0.5, 0.6) is 0 Å². The van der Waals surface area contributed by atoms with Crippen LogP contribution in [0, 0.1) is 23.0 Å². The Morgan fingerprint density at radius 1 is 1.14 bits per heavy atom. The van der Waals surface area contributed by atoms with Crippen molar-refractivity contribution in [1.82, 2.24) is 19.9 Å². The Morgan fingerprint density at radius 2 is 1.89 bits per heavy atom. The molecular weight excluding hydrogens is 484 g/mol. The number of anilines is 1. The van der Waals surface area contributed by atoms with E-state index in [4.69, 9.17) is 4.74 Å². The summed E-state index contributed by atoms with van der Waals surface area (Å²) in [6.45, 7) is 6.75. The van der Waals surface area contributed by atoms with Gasteiger partial charge in [-0.25, -0.2) is 23.5 Å². The summed E-state index contributed by atoms with van der Waals surface area (Å²) in [6.07, 6.45) is 1.45. The van der Waals surface area contributed by atoms with Crippen LogP contribution in [0.2, 0.25) is 0 Å². The molecule has 2 N–H and O–H groups in total. The van der Waals surface area contributed by atoms with E-state index >= 15 is 4.39 Å². The van der Waals surface area contributed by atoms with E-state index in [1.807, 2.05) is 6.07 Å². The standard InChI is InChI=1S/C25H23F2N7O3/c1-24(2,3)37-23(36)32-20-21-30-12-16(10-28)34(21)13-25(4,33-20)17-9-15(6-7-18(17)27)31-22(35)19-8-5-14(26)11-29-19/h5-9,11-12H,13H2,1-4H3,(H,31,35)(H,32,33,36). The van der Waals surface area contributed by atoms with Crippen LogP contribution in [-0.2, 0) is 16.8 Å². The van der Waals surface area contributed by atoms with Crippen molar-refractivity contribution in [3.05, 3.63) is 77.1 Å². The molecule has 1 aliphatic rings. The predicted octanol–water partition coefficient (Wildman–Crippen LogP) is 3.88. The molecule has 2 amide bonds. The third-order valence-electron chi connectivity index (χ3n) is 5.39. The number of imidazole rings is 1. The van der Waals surface area contributed by atoms with Gasteiger partial charge < -0.3 is 14.6 Å². The van der Waals surface area contributed by atoms with Gasteiger partial charge in [0.15, 0.2) is 11.7 Å². The highest BCUT2D eigenvalue weighted by Crippen LogP contribution is 2.35. The molecule has 190 valence electrons. The van der Waals surface area contributed by atoms with Crippen molar-refractivity contribution in [1.29, 1.82) is 5.26 Å². The number of alkyl carbamates (subject to hydrolysis) is 1. The van der Waals surface area contributed by atoms with Crippen LogP contribution in [-0.4, -0.2) is 38.0 Å². The highest BCUT2D eigenvalue weighted by molar-refractivity contribution is 6.05. The number of hydrogen-bond donors (Lipinski definition) is 2. The highest BCUT2D eigenvalue weighted by atomic mass is 19.1. The van der Waals surface area contributed by atoms with Gasteiger partial charge >= 0.3 is 6.09 Å². The highest BCUT2D eigenvalue weighted by Gasteiger charge is 2.38. The first-order valence-corrected chi connectivity index (χ1v) is 11.2. The Labute approximate surface area is 211 Å². The van der Waals surface area contributed by atoms with Crippen molar-refractivity contribution in [3.8, 4) is 6.07 Å². The third kappa shape index (κ3) is 5.45. The number of halogens is 2. The van der Waals surface area contributed by atoms with Crippen molar-refractivity contribution < 1.29 is 23.1 Å². The Hall–Kier alpha value is -4.66. The molecule has 12 heteroatoms. The number of nitrogens with zero attached hydrogens (tertiary/aromatic N) is 5. The number of carbonyl (C=O) groups is 2. The summed E-state index contributed by atoms with van der Waals surface area (Å²) in [5.74, 6) is -1.62. The molecule has 10 nitrogen and oxygen atoms in total. The van der Waals surface area contributed by atoms with Gasteiger partial charge in [-0.3, -0.25) is 15.1 Å². The molecule has 0 radical (unpaired) electrons. The lowest BCUT2D eigenvalue weighted by atomic mass is 9.90. The van der Waals surface area contributed by atoms with E-state index in [0.717, 1.165) is 12.3 Å². The smallest absolute Gasteiger partial charge is 0.413 e. The summed E-state index contributed by atoms with van der Waals surface area (Å²) in [5, 5.41) is 14.7. The number of fused-ring (bicyclic) bond motifs is 1. The summed E-state index contributed by atoms with van der Waals surface area (Å²) >= 11 is 0. The van der Waals surface area contributed by atoms with Gasteiger partial charge in [0, 0.05) is 11.3 Å². The molecule has 3 heterocycles. The zero-order valence-electron chi connectivity index (χ0n) is 20.5. The van der Waals surface area contributed by atoms with Crippen LogP contribution in [0.25, 0.3) is 0 Å². The number of aromatic nitrogens is 3. The molecule has 1 aromatic carbocycles. The van der Waals surface area contributed by atoms with Gasteiger partial charge in [-0.1, -0.05) is 0 Å². The molecule has 1 atom stereocenters. The quantitative estimate of drug-likeness (QED) is 0.553. The van der Waals surface area contributed by atoms with Crippen molar-refractivity contribution in [2.24, 2.45) is 4.99 Å². The average molecular weight is 508 g/mol. The number of rotatable bonds is 3. The van der Waals surface area contributed by atoms with Crippen molar-refractivity contribution >= 4 is 23.5 Å². The number of ether oxygens (including phenoxy) is 1. The summed E-state index contributed by atoms with van der Waals surface area (Å²) in [6, 6.07) is 8.28. The van der Waals surface area contributed by atoms with Gasteiger partial charge in [0.25, 0.3) is 5.91 Å². The maximum absolute atomic E-state index is 15.2. The van der Waals surface area contributed by atoms with Crippen molar-refractivity contribution in [2.45, 2.75) is 45.4 Å². The number of hydrogen-bond acceptors (Lipinski definition) is 7. The lowest BCUT2D eigenvalue weighted by Crippen LogP contribution is -2.44. The van der Waals surface area contributed by atoms with Gasteiger partial charge in [0.2, 0.25) is 0 Å². The van der Waals surface area contributed by atoms with E-state index in [1.165, 1.54) is 35.0 Å². The van der Waals surface area contributed by atoms with E-state index in [-0.39, 0.29) is 40.8 Å². The second-order valence-corrected chi connectivity index (χ2v) is 9.54. The minimum absolute atomic E-state index is 0.00569. The number of aliphatic imine (C=N–C) groups is 1. The second-order valence-electron chi connectivity index (χ2n) is 9.54. The second kappa shape index (κ2) is 9.42. The predicted molar refractivity (Wildman–Crippen MR) is 129 cm³/mol. The van der Waals surface area contributed by atoms with Gasteiger partial charge in [-0.15, -0.1) is 0 Å². The lowest BCUT2D eigenvalue weighted by Gasteiger charge is -2.33. The van der Waals surface area contributed by atoms with Crippen LogP contribution in [0.4, 0.5) is 19.3 Å². The number of carbonyl (C=O) groups excluding carboxylic acids is 2. The van der Waals surface area contributed by atoms with Gasteiger partial charge in [-0.05, 0) is 58.0 Å². The number of nitriles is 1. The fourth-order valence-corrected chi connectivity index (χ4v) is 3.80. The summed E-state index contributed by atoms with van der Waals surface area (Å²) in [7, 11) is 0. The van der Waals surface area contributed by atoms with Crippen molar-refractivity contribution in [2.75, 3.05) is 5.32 Å². The molecule has 0 bridgehead atoms. The summed E-state index contributed by atoms with van der Waals surface area (Å²) < 4.78 is 35.1. The van der Waals surface area contributed by atoms with Crippen molar-refractivity contribution in [3.63, 3.8) is 0 Å². The minimum Gasteiger partial charge on any atom is -0.444 e. The third-order valence-corrected chi connectivity index (χ3v) is 5.39. The lowest BCUT2D eigenvalue weighted by molar-refractivity contribution is 0.0562. The molecule has 0 saturated carbocycles. The van der Waals surface area contributed by atoms with Crippen LogP contribution < -0.4 is 10.6 Å². The first kappa shape index (κ1) is 25.4. The normalized spacial score (nSPS) is 16.7. The van der Waals surface area contributed by atoms with E-state index in [9.17, 15) is 19.2 Å². The van der Waals surface area contributed by atoms with Gasteiger partial charge in [0.05, 0.1) is 18.9 Å². The van der Waals surface area contributed by atoms with E-state index in [0.29, 0.717) is 0 Å². The maximum Gasteiger partial charge on any atom is 0.413 e. The first-order chi connectivity index (χ1) is 17.4. The molecule has 0 saturated heterocycles. The molecule has 1 aliphatic heterocycles. The van der Waals surface area contributed by atoms with Crippen LogP contribution >= 0.6 is 0 Å². The summed E-state index contributed by atoms with van der Waals surface area (Å²) in [5.41, 5.74) is -1.62. The molecule has 4 rings (SSSR count). The molecule has 0 aliphatic carbocycles. The minimum atomic E-state index is -1.32. The Bertz CT molecular complexity index is 1450. The zero-order valence-corrected chi connectivity index (χ0v) is 20.5. The summed E-state index contributed by atoms with van der Waals surface area (Å²) in [4.78, 5) is 37.6. The van der Waals surface area contributed by atoms with Crippen LogP contribution in [0.3, 0.4) is 0 Å². The molecular formula is C25H23F2N7O3. The van der Waals surface area contributed by atoms with Crippen LogP contribution in [0.15, 0.2) is 47.7 Å². The monoisotopic (exact) mass is 507 g/mol. The maximum atomic E-state index is 15.2. The number of amides is 2. The zero-order chi connectivity index (χ0) is 27.0. The Balaban J connectivity index is 1.71. The topological polar surface area (TPSA) is 134 Å². The average Bonchev–Trinajstić information content (AvgIpc) is 3.22. The SMILES string of the molecule is CC(C)(C)OC(=O)NC1=NC(C)(c2cc(NC(=O)c3ccc(F)cn3)ccc2F)Cn2c(C#N)cnc21. The van der Waals surface area contributed by atoms with Gasteiger partial charge in [0.1, 0.15) is 40.2 Å². The van der Waals surface area contributed by atoms with Crippen LogP contribution in [0.1, 0.15) is 55.3 Å². The number of pyridine rings is 1. The fourth-order valence-electron chi connectivity index (χ4n) is 3.80. The van der Waals surface area contributed by atoms with E-state index in [1.54, 1.807) is 27.7 Å². The van der Waals surface area contributed by atoms with E-state index < -0.39 is 34.8 Å². The number of amidine groups is 1. The molecule has 0 spiro atoms. The fraction of sp³-hybridized carbons (Fsp3) is 0.280. The number of benzene rings is 1. The molecule has 2 aromatic heterocycles. The van der Waals surface area contributed by atoms with Gasteiger partial charge in [-0.2, -0.15) is 5.26 Å². The molecule has 3 aromatic rings. The Morgan fingerprint density at radius 3 is 2.54 bits per heavy atom. The largest absolute Gasteiger partial charge is 0.444 e.